The molecule has 0 atom stereocenters. The molecule has 0 spiro atoms. The van der Waals surface area contributed by atoms with Crippen LogP contribution in [0.5, 0.6) is 0 Å². The van der Waals surface area contributed by atoms with Crippen molar-refractivity contribution in [1.29, 1.82) is 0 Å². The van der Waals surface area contributed by atoms with Gasteiger partial charge in [0.2, 0.25) is 5.91 Å². The Morgan fingerprint density at radius 3 is 2.59 bits per heavy atom. The highest BCUT2D eigenvalue weighted by Gasteiger charge is 2.14. The Kier molecular flexibility index (Phi) is 6.77. The van der Waals surface area contributed by atoms with Gasteiger partial charge in [-0.05, 0) is 30.7 Å². The maximum atomic E-state index is 12.2. The molecule has 5 nitrogen and oxygen atoms in total. The monoisotopic (exact) mass is 420 g/mol. The summed E-state index contributed by atoms with van der Waals surface area (Å²) in [4.78, 5) is 12.2. The summed E-state index contributed by atoms with van der Waals surface area (Å²) in [6.07, 6.45) is 0.706. The van der Waals surface area contributed by atoms with Crippen LogP contribution in [0.4, 0.5) is 5.69 Å². The number of nitrogens with one attached hydrogen (secondary N) is 1. The number of rotatable bonds is 7. The Morgan fingerprint density at radius 1 is 1.11 bits per heavy atom. The molecule has 0 fully saturated rings. The number of aromatic nitrogens is 3. The van der Waals surface area contributed by atoms with E-state index in [9.17, 15) is 4.79 Å². The maximum absolute atomic E-state index is 12.2. The third kappa shape index (κ3) is 5.25. The lowest BCUT2D eigenvalue weighted by Crippen LogP contribution is -2.14. The molecular weight excluding hydrogens is 403 g/mol. The zero-order valence-electron chi connectivity index (χ0n) is 14.7. The minimum atomic E-state index is -0.145. The highest BCUT2D eigenvalue weighted by molar-refractivity contribution is 7.99. The molecule has 1 amide bonds. The number of benzene rings is 2. The Bertz CT molecular complexity index is 931. The van der Waals surface area contributed by atoms with Gasteiger partial charge in [0.25, 0.3) is 0 Å². The molecule has 27 heavy (non-hydrogen) atoms. The molecule has 140 valence electrons. The first-order valence-electron chi connectivity index (χ1n) is 8.40. The summed E-state index contributed by atoms with van der Waals surface area (Å²) in [5, 5.41) is 12.9. The molecule has 0 bridgehead atoms. The Morgan fingerprint density at radius 2 is 1.89 bits per heavy atom. The van der Waals surface area contributed by atoms with Crippen LogP contribution in [0, 0.1) is 0 Å². The Hall–Kier alpha value is -2.02. The topological polar surface area (TPSA) is 59.8 Å². The van der Waals surface area contributed by atoms with Crippen molar-refractivity contribution in [2.75, 3.05) is 11.1 Å². The summed E-state index contributed by atoms with van der Waals surface area (Å²) < 4.78 is 2.03. The second-order valence-electron chi connectivity index (χ2n) is 5.77. The van der Waals surface area contributed by atoms with Crippen LogP contribution >= 0.6 is 35.0 Å². The molecule has 3 rings (SSSR count). The fraction of sp³-hybridized carbons (Fsp3) is 0.211. The lowest BCUT2D eigenvalue weighted by Gasteiger charge is -2.08. The first-order valence-corrected chi connectivity index (χ1v) is 10.1. The first kappa shape index (κ1) is 19.7. The van der Waals surface area contributed by atoms with E-state index in [1.165, 1.54) is 17.3 Å². The number of amides is 1. The number of halogens is 2. The van der Waals surface area contributed by atoms with E-state index in [-0.39, 0.29) is 11.7 Å². The molecule has 0 aliphatic rings. The van der Waals surface area contributed by atoms with Crippen molar-refractivity contribution in [3.8, 4) is 0 Å². The number of thioether (sulfide) groups is 1. The molecule has 0 aliphatic heterocycles. The predicted octanol–water partition coefficient (Wildman–Crippen LogP) is 4.93. The summed E-state index contributed by atoms with van der Waals surface area (Å²) in [6, 6.07) is 15.1. The molecule has 2 aromatic carbocycles. The maximum Gasteiger partial charge on any atom is 0.234 e. The van der Waals surface area contributed by atoms with E-state index >= 15 is 0 Å². The standard InChI is InChI=1S/C19H18Cl2N4OS/c1-2-25-17(10-13-6-4-3-5-7-13)23-24-19(25)27-12-18(26)22-14-8-9-15(20)16(21)11-14/h3-9,11H,2,10,12H2,1H3,(H,22,26). The molecule has 3 aromatic rings. The van der Waals surface area contributed by atoms with Crippen LogP contribution in [0.25, 0.3) is 0 Å². The Balaban J connectivity index is 1.62. The molecule has 0 unspecified atom stereocenters. The van der Waals surface area contributed by atoms with Crippen molar-refractivity contribution >= 4 is 46.6 Å². The molecule has 0 aliphatic carbocycles. The molecule has 0 radical (unpaired) electrons. The fourth-order valence-corrected chi connectivity index (χ4v) is 3.67. The van der Waals surface area contributed by atoms with Gasteiger partial charge in [0.05, 0.1) is 15.8 Å². The number of hydrogen-bond acceptors (Lipinski definition) is 4. The van der Waals surface area contributed by atoms with Gasteiger partial charge in [-0.25, -0.2) is 0 Å². The third-order valence-corrected chi connectivity index (χ3v) is 5.56. The predicted molar refractivity (Wildman–Crippen MR) is 111 cm³/mol. The van der Waals surface area contributed by atoms with Crippen molar-refractivity contribution in [2.45, 2.75) is 25.0 Å². The number of anilines is 1. The normalized spacial score (nSPS) is 10.8. The molecule has 0 saturated heterocycles. The molecular formula is C19H18Cl2N4OS. The zero-order chi connectivity index (χ0) is 19.2. The second-order valence-corrected chi connectivity index (χ2v) is 7.53. The van der Waals surface area contributed by atoms with E-state index in [4.69, 9.17) is 23.2 Å². The van der Waals surface area contributed by atoms with Crippen LogP contribution in [0.3, 0.4) is 0 Å². The average molecular weight is 421 g/mol. The summed E-state index contributed by atoms with van der Waals surface area (Å²) in [5.41, 5.74) is 1.78. The minimum absolute atomic E-state index is 0.145. The minimum Gasteiger partial charge on any atom is -0.325 e. The van der Waals surface area contributed by atoms with Gasteiger partial charge in [0.15, 0.2) is 5.16 Å². The number of carbonyl (C=O) groups excluding carboxylic acids is 1. The molecule has 1 N–H and O–H groups in total. The quantitative estimate of drug-likeness (QED) is 0.550. The first-order chi connectivity index (χ1) is 13.1. The highest BCUT2D eigenvalue weighted by atomic mass is 35.5. The molecule has 1 heterocycles. The van der Waals surface area contributed by atoms with Gasteiger partial charge in [-0.15, -0.1) is 10.2 Å². The van der Waals surface area contributed by atoms with Crippen LogP contribution in [-0.2, 0) is 17.8 Å². The van der Waals surface area contributed by atoms with E-state index < -0.39 is 0 Å². The van der Waals surface area contributed by atoms with Crippen molar-refractivity contribution in [1.82, 2.24) is 14.8 Å². The smallest absolute Gasteiger partial charge is 0.234 e. The van der Waals surface area contributed by atoms with Gasteiger partial charge in [-0.1, -0.05) is 65.3 Å². The van der Waals surface area contributed by atoms with Gasteiger partial charge in [-0.2, -0.15) is 0 Å². The van der Waals surface area contributed by atoms with Crippen molar-refractivity contribution in [2.24, 2.45) is 0 Å². The van der Waals surface area contributed by atoms with Gasteiger partial charge in [0.1, 0.15) is 5.82 Å². The molecule has 0 saturated carbocycles. The SMILES string of the molecule is CCn1c(Cc2ccccc2)nnc1SCC(=O)Nc1ccc(Cl)c(Cl)c1. The summed E-state index contributed by atoms with van der Waals surface area (Å²) >= 11 is 13.2. The van der Waals surface area contributed by atoms with Gasteiger partial charge < -0.3 is 9.88 Å². The van der Waals surface area contributed by atoms with Crippen LogP contribution in [0.1, 0.15) is 18.3 Å². The molecule has 8 heteroatoms. The largest absolute Gasteiger partial charge is 0.325 e. The number of nitrogens with zero attached hydrogens (tertiary/aromatic N) is 3. The Labute approximate surface area is 172 Å². The summed E-state index contributed by atoms with van der Waals surface area (Å²) in [5.74, 6) is 0.966. The lowest BCUT2D eigenvalue weighted by molar-refractivity contribution is -0.113. The number of hydrogen-bond donors (Lipinski definition) is 1. The van der Waals surface area contributed by atoms with Crippen LogP contribution in [0.15, 0.2) is 53.7 Å². The number of carbonyl (C=O) groups is 1. The van der Waals surface area contributed by atoms with Crippen molar-refractivity contribution in [3.05, 3.63) is 70.0 Å². The van der Waals surface area contributed by atoms with Gasteiger partial charge in [-0.3, -0.25) is 4.79 Å². The van der Waals surface area contributed by atoms with E-state index in [1.54, 1.807) is 18.2 Å². The van der Waals surface area contributed by atoms with E-state index in [1.807, 2.05) is 29.7 Å². The fourth-order valence-electron chi connectivity index (χ4n) is 2.55. The summed E-state index contributed by atoms with van der Waals surface area (Å²) in [6.45, 7) is 2.78. The van der Waals surface area contributed by atoms with Crippen LogP contribution < -0.4 is 5.32 Å². The third-order valence-electron chi connectivity index (χ3n) is 3.85. The average Bonchev–Trinajstić information content (AvgIpc) is 3.05. The van der Waals surface area contributed by atoms with E-state index in [2.05, 4.69) is 27.6 Å². The highest BCUT2D eigenvalue weighted by Crippen LogP contribution is 2.25. The summed E-state index contributed by atoms with van der Waals surface area (Å²) in [7, 11) is 0. The molecule has 1 aromatic heterocycles. The van der Waals surface area contributed by atoms with E-state index in [0.29, 0.717) is 22.2 Å². The van der Waals surface area contributed by atoms with Crippen LogP contribution in [0.2, 0.25) is 10.0 Å². The van der Waals surface area contributed by atoms with Crippen molar-refractivity contribution < 1.29 is 4.79 Å². The van der Waals surface area contributed by atoms with Crippen molar-refractivity contribution in [3.63, 3.8) is 0 Å². The lowest BCUT2D eigenvalue weighted by atomic mass is 10.1. The second kappa shape index (κ2) is 9.26. The van der Waals surface area contributed by atoms with E-state index in [0.717, 1.165) is 17.5 Å². The zero-order valence-corrected chi connectivity index (χ0v) is 17.0. The van der Waals surface area contributed by atoms with Gasteiger partial charge in [0, 0.05) is 18.7 Å². The van der Waals surface area contributed by atoms with Crippen LogP contribution in [-0.4, -0.2) is 26.4 Å². The van der Waals surface area contributed by atoms with Gasteiger partial charge >= 0.3 is 0 Å².